The van der Waals surface area contributed by atoms with Crippen LogP contribution in [0.5, 0.6) is 0 Å². The molecule has 1 heterocycles. The Morgan fingerprint density at radius 2 is 2.22 bits per heavy atom. The van der Waals surface area contributed by atoms with E-state index in [0.717, 1.165) is 23.6 Å². The van der Waals surface area contributed by atoms with Gasteiger partial charge in [0.25, 0.3) is 0 Å². The predicted molar refractivity (Wildman–Crippen MR) is 76.7 cm³/mol. The summed E-state index contributed by atoms with van der Waals surface area (Å²) in [5.74, 6) is 1.93. The fraction of sp³-hybridized carbons (Fsp3) is 0.500. The molecule has 1 aromatic rings. The van der Waals surface area contributed by atoms with E-state index in [1.54, 1.807) is 32.3 Å². The van der Waals surface area contributed by atoms with Crippen molar-refractivity contribution in [1.29, 1.82) is 0 Å². The lowest BCUT2D eigenvalue weighted by Gasteiger charge is -2.23. The summed E-state index contributed by atoms with van der Waals surface area (Å²) < 4.78 is 26.5. The van der Waals surface area contributed by atoms with Gasteiger partial charge in [0.15, 0.2) is 0 Å². The molecule has 0 saturated carbocycles. The molecule has 18 heavy (non-hydrogen) atoms. The number of benzene rings is 1. The van der Waals surface area contributed by atoms with E-state index in [1.807, 2.05) is 17.8 Å². The first-order valence-corrected chi connectivity index (χ1v) is 8.49. The molecular formula is C12H18N2O2S2. The van der Waals surface area contributed by atoms with E-state index in [9.17, 15) is 8.42 Å². The highest BCUT2D eigenvalue weighted by atomic mass is 32.2. The molecule has 0 radical (unpaired) electrons. The van der Waals surface area contributed by atoms with Crippen LogP contribution in [0.2, 0.25) is 0 Å². The second-order valence-electron chi connectivity index (χ2n) is 4.32. The van der Waals surface area contributed by atoms with Gasteiger partial charge in [-0.05, 0) is 30.4 Å². The van der Waals surface area contributed by atoms with Gasteiger partial charge in [-0.2, -0.15) is 16.1 Å². The molecule has 1 fully saturated rings. The maximum atomic E-state index is 12.5. The van der Waals surface area contributed by atoms with E-state index >= 15 is 0 Å². The van der Waals surface area contributed by atoms with Gasteiger partial charge in [0, 0.05) is 31.6 Å². The molecule has 0 bridgehead atoms. The van der Waals surface area contributed by atoms with Crippen LogP contribution in [0.4, 0.5) is 5.69 Å². The zero-order valence-corrected chi connectivity index (χ0v) is 12.2. The second kappa shape index (κ2) is 5.50. The molecule has 1 aliphatic heterocycles. The highest BCUT2D eigenvalue weighted by molar-refractivity contribution is 7.99. The number of nitrogens with one attached hydrogen (secondary N) is 1. The Morgan fingerprint density at radius 3 is 2.83 bits per heavy atom. The predicted octanol–water partition coefficient (Wildman–Crippen LogP) is 1.85. The van der Waals surface area contributed by atoms with Gasteiger partial charge >= 0.3 is 0 Å². The second-order valence-corrected chi connectivity index (χ2v) is 7.46. The average Bonchev–Trinajstić information content (AvgIpc) is 2.91. The molecule has 2 rings (SSSR count). The smallest absolute Gasteiger partial charge is 0.243 e. The van der Waals surface area contributed by atoms with Crippen LogP contribution >= 0.6 is 11.8 Å². The SMILES string of the molecule is CNc1cccc(S(=O)(=O)N(C)C2CCSC2)c1. The maximum absolute atomic E-state index is 12.5. The van der Waals surface area contributed by atoms with Crippen LogP contribution in [0, 0.1) is 0 Å². The van der Waals surface area contributed by atoms with Crippen molar-refractivity contribution >= 4 is 27.5 Å². The highest BCUT2D eigenvalue weighted by Gasteiger charge is 2.30. The van der Waals surface area contributed by atoms with Crippen molar-refractivity contribution < 1.29 is 8.42 Å². The van der Waals surface area contributed by atoms with Gasteiger partial charge in [-0.25, -0.2) is 8.42 Å². The summed E-state index contributed by atoms with van der Waals surface area (Å²) in [6.07, 6.45) is 0.937. The largest absolute Gasteiger partial charge is 0.388 e. The van der Waals surface area contributed by atoms with E-state index < -0.39 is 10.0 Å². The average molecular weight is 286 g/mol. The maximum Gasteiger partial charge on any atom is 0.243 e. The van der Waals surface area contributed by atoms with Gasteiger partial charge in [-0.1, -0.05) is 6.07 Å². The number of nitrogens with zero attached hydrogens (tertiary/aromatic N) is 1. The molecule has 1 atom stereocenters. The summed E-state index contributed by atoms with van der Waals surface area (Å²) >= 11 is 1.81. The molecule has 4 nitrogen and oxygen atoms in total. The van der Waals surface area contributed by atoms with Crippen LogP contribution in [-0.4, -0.2) is 44.4 Å². The first kappa shape index (κ1) is 13.7. The van der Waals surface area contributed by atoms with Crippen molar-refractivity contribution in [2.75, 3.05) is 30.9 Å². The molecule has 0 amide bonds. The van der Waals surface area contributed by atoms with E-state index in [4.69, 9.17) is 0 Å². The Hall–Kier alpha value is -0.720. The van der Waals surface area contributed by atoms with Crippen LogP contribution < -0.4 is 5.32 Å². The first-order valence-electron chi connectivity index (χ1n) is 5.89. The lowest BCUT2D eigenvalue weighted by Crippen LogP contribution is -2.36. The minimum Gasteiger partial charge on any atom is -0.388 e. The third-order valence-corrected chi connectivity index (χ3v) is 6.27. The Labute approximate surface area is 113 Å². The number of anilines is 1. The number of hydrogen-bond donors (Lipinski definition) is 1. The summed E-state index contributed by atoms with van der Waals surface area (Å²) in [4.78, 5) is 0.355. The van der Waals surface area contributed by atoms with Gasteiger partial charge in [0.1, 0.15) is 0 Å². The minimum absolute atomic E-state index is 0.123. The van der Waals surface area contributed by atoms with Crippen molar-refractivity contribution in [1.82, 2.24) is 4.31 Å². The zero-order chi connectivity index (χ0) is 13.2. The Kier molecular flexibility index (Phi) is 4.19. The summed E-state index contributed by atoms with van der Waals surface area (Å²) in [7, 11) is 0.0843. The monoisotopic (exact) mass is 286 g/mol. The molecule has 0 aromatic heterocycles. The normalized spacial score (nSPS) is 20.3. The standard InChI is InChI=1S/C12H18N2O2S2/c1-13-10-4-3-5-12(8-10)18(15,16)14(2)11-6-7-17-9-11/h3-5,8,11,13H,6-7,9H2,1-2H3. The van der Waals surface area contributed by atoms with Gasteiger partial charge in [0.05, 0.1) is 4.90 Å². The molecule has 1 N–H and O–H groups in total. The van der Waals surface area contributed by atoms with Crippen LogP contribution in [0.3, 0.4) is 0 Å². The van der Waals surface area contributed by atoms with E-state index in [0.29, 0.717) is 4.90 Å². The van der Waals surface area contributed by atoms with Crippen molar-refractivity contribution in [3.8, 4) is 0 Å². The lowest BCUT2D eigenvalue weighted by atomic mass is 10.3. The van der Waals surface area contributed by atoms with Crippen molar-refractivity contribution in [2.24, 2.45) is 0 Å². The minimum atomic E-state index is -3.37. The molecule has 0 spiro atoms. The van der Waals surface area contributed by atoms with E-state index in [-0.39, 0.29) is 6.04 Å². The Bertz CT molecular complexity index is 511. The molecular weight excluding hydrogens is 268 g/mol. The van der Waals surface area contributed by atoms with Gasteiger partial charge in [0.2, 0.25) is 10.0 Å². The van der Waals surface area contributed by atoms with Crippen LogP contribution in [0.25, 0.3) is 0 Å². The molecule has 0 aliphatic carbocycles. The van der Waals surface area contributed by atoms with E-state index in [2.05, 4.69) is 5.32 Å². The topological polar surface area (TPSA) is 49.4 Å². The lowest BCUT2D eigenvalue weighted by molar-refractivity contribution is 0.394. The van der Waals surface area contributed by atoms with Gasteiger partial charge in [-0.15, -0.1) is 0 Å². The van der Waals surface area contributed by atoms with Crippen LogP contribution in [0.1, 0.15) is 6.42 Å². The van der Waals surface area contributed by atoms with Crippen molar-refractivity contribution in [3.63, 3.8) is 0 Å². The zero-order valence-electron chi connectivity index (χ0n) is 10.6. The van der Waals surface area contributed by atoms with Crippen molar-refractivity contribution in [2.45, 2.75) is 17.4 Å². The first-order chi connectivity index (χ1) is 8.55. The third kappa shape index (κ3) is 2.65. The highest BCUT2D eigenvalue weighted by Crippen LogP contribution is 2.27. The number of sulfonamides is 1. The quantitative estimate of drug-likeness (QED) is 0.918. The Balaban J connectivity index is 2.28. The summed E-state index contributed by atoms with van der Waals surface area (Å²) in [5, 5.41) is 2.96. The fourth-order valence-electron chi connectivity index (χ4n) is 1.98. The molecule has 1 saturated heterocycles. The van der Waals surface area contributed by atoms with Gasteiger partial charge in [-0.3, -0.25) is 0 Å². The fourth-order valence-corrected chi connectivity index (χ4v) is 4.78. The van der Waals surface area contributed by atoms with Gasteiger partial charge < -0.3 is 5.32 Å². The van der Waals surface area contributed by atoms with E-state index in [1.165, 1.54) is 4.31 Å². The van der Waals surface area contributed by atoms with Crippen molar-refractivity contribution in [3.05, 3.63) is 24.3 Å². The molecule has 100 valence electrons. The summed E-state index contributed by atoms with van der Waals surface area (Å²) in [6.45, 7) is 0. The number of hydrogen-bond acceptors (Lipinski definition) is 4. The Morgan fingerprint density at radius 1 is 1.44 bits per heavy atom. The number of rotatable bonds is 4. The third-order valence-electron chi connectivity index (χ3n) is 3.22. The molecule has 1 unspecified atom stereocenters. The molecule has 1 aliphatic rings. The summed E-state index contributed by atoms with van der Waals surface area (Å²) in [5.41, 5.74) is 0.810. The van der Waals surface area contributed by atoms with Crippen LogP contribution in [-0.2, 0) is 10.0 Å². The summed E-state index contributed by atoms with van der Waals surface area (Å²) in [6, 6.07) is 7.06. The van der Waals surface area contributed by atoms with Crippen LogP contribution in [0.15, 0.2) is 29.2 Å². The number of thioether (sulfide) groups is 1. The molecule has 6 heteroatoms. The molecule has 1 aromatic carbocycles.